The number of carbonyl (C=O) groups is 1. The van der Waals surface area contributed by atoms with Crippen LogP contribution in [0.25, 0.3) is 0 Å². The lowest BCUT2D eigenvalue weighted by Gasteiger charge is -2.35. The van der Waals surface area contributed by atoms with Gasteiger partial charge < -0.3 is 9.80 Å². The van der Waals surface area contributed by atoms with Gasteiger partial charge in [-0.15, -0.1) is 0 Å². The Balaban J connectivity index is 1.70. The van der Waals surface area contributed by atoms with E-state index in [0.717, 1.165) is 31.5 Å². The normalized spacial score (nSPS) is 27.8. The van der Waals surface area contributed by atoms with Gasteiger partial charge in [-0.05, 0) is 57.8 Å². The quantitative estimate of drug-likeness (QED) is 0.787. The van der Waals surface area contributed by atoms with Crippen LogP contribution in [0.15, 0.2) is 24.5 Å². The molecule has 1 atom stereocenters. The molecule has 2 aliphatic heterocycles. The lowest BCUT2D eigenvalue weighted by Crippen LogP contribution is -2.42. The van der Waals surface area contributed by atoms with Crippen molar-refractivity contribution in [1.82, 2.24) is 14.8 Å². The molecule has 4 nitrogen and oxygen atoms in total. The molecule has 2 fully saturated rings. The highest BCUT2D eigenvalue weighted by Crippen LogP contribution is 2.37. The summed E-state index contributed by atoms with van der Waals surface area (Å²) in [7, 11) is 2.24. The van der Waals surface area contributed by atoms with Gasteiger partial charge in [-0.2, -0.15) is 0 Å². The van der Waals surface area contributed by atoms with Crippen LogP contribution in [0, 0.1) is 0 Å². The van der Waals surface area contributed by atoms with Crippen LogP contribution < -0.4 is 0 Å². The fourth-order valence-corrected chi connectivity index (χ4v) is 3.76. The molecule has 1 aromatic rings. The molecule has 3 rings (SSSR count). The predicted molar refractivity (Wildman–Crippen MR) is 78.6 cm³/mol. The summed E-state index contributed by atoms with van der Waals surface area (Å²) in [6.07, 6.45) is 9.43. The molecule has 1 aromatic heterocycles. The van der Waals surface area contributed by atoms with E-state index in [4.69, 9.17) is 0 Å². The van der Waals surface area contributed by atoms with Crippen molar-refractivity contribution < 1.29 is 4.79 Å². The van der Waals surface area contributed by atoms with E-state index in [2.05, 4.69) is 16.9 Å². The molecular weight excluding hydrogens is 250 g/mol. The van der Waals surface area contributed by atoms with Crippen LogP contribution in [0.1, 0.15) is 42.5 Å². The standard InChI is InChI=1S/C16H23N3O/c1-18-11-2-6-16(18)7-3-12-19(13-8-16)15(20)14-4-9-17-10-5-14/h4-5,9-10H,2-3,6-8,11-13H2,1H3/t16-/m0/s1. The zero-order valence-electron chi connectivity index (χ0n) is 12.2. The second-order valence-electron chi connectivity index (χ2n) is 6.13. The smallest absolute Gasteiger partial charge is 0.253 e. The first kappa shape index (κ1) is 13.6. The van der Waals surface area contributed by atoms with Gasteiger partial charge in [0.25, 0.3) is 5.91 Å². The third-order valence-corrected chi connectivity index (χ3v) is 5.08. The van der Waals surface area contributed by atoms with Gasteiger partial charge in [0.2, 0.25) is 0 Å². The number of aromatic nitrogens is 1. The molecule has 0 aliphatic carbocycles. The van der Waals surface area contributed by atoms with Crippen LogP contribution in [0.4, 0.5) is 0 Å². The highest BCUT2D eigenvalue weighted by atomic mass is 16.2. The topological polar surface area (TPSA) is 36.4 Å². The Bertz CT molecular complexity index is 476. The molecule has 0 saturated carbocycles. The number of carbonyl (C=O) groups excluding carboxylic acids is 1. The molecule has 0 radical (unpaired) electrons. The molecule has 4 heteroatoms. The Morgan fingerprint density at radius 1 is 1.10 bits per heavy atom. The molecule has 0 bridgehead atoms. The van der Waals surface area contributed by atoms with Crippen LogP contribution in [0.2, 0.25) is 0 Å². The van der Waals surface area contributed by atoms with E-state index in [0.29, 0.717) is 5.54 Å². The van der Waals surface area contributed by atoms with E-state index in [1.54, 1.807) is 12.4 Å². The zero-order valence-corrected chi connectivity index (χ0v) is 12.2. The Hall–Kier alpha value is -1.42. The Morgan fingerprint density at radius 2 is 1.80 bits per heavy atom. The molecule has 1 spiro atoms. The molecule has 0 aromatic carbocycles. The van der Waals surface area contributed by atoms with Crippen molar-refractivity contribution in [3.63, 3.8) is 0 Å². The fourth-order valence-electron chi connectivity index (χ4n) is 3.76. The van der Waals surface area contributed by atoms with Crippen molar-refractivity contribution in [3.05, 3.63) is 30.1 Å². The number of hydrogen-bond donors (Lipinski definition) is 0. The van der Waals surface area contributed by atoms with E-state index in [-0.39, 0.29) is 5.91 Å². The minimum absolute atomic E-state index is 0.158. The first-order chi connectivity index (χ1) is 9.71. The van der Waals surface area contributed by atoms with Crippen molar-refractivity contribution in [3.8, 4) is 0 Å². The number of pyridine rings is 1. The van der Waals surface area contributed by atoms with E-state index >= 15 is 0 Å². The number of amides is 1. The van der Waals surface area contributed by atoms with Crippen LogP contribution in [0.5, 0.6) is 0 Å². The molecule has 2 saturated heterocycles. The molecule has 2 aliphatic rings. The SMILES string of the molecule is CN1CCC[C@@]12CCCN(C(=O)c1ccncc1)CC2. The summed E-state index contributed by atoms with van der Waals surface area (Å²) in [4.78, 5) is 21.0. The summed E-state index contributed by atoms with van der Waals surface area (Å²) < 4.78 is 0. The minimum atomic E-state index is 0.158. The van der Waals surface area contributed by atoms with Crippen molar-refractivity contribution in [2.24, 2.45) is 0 Å². The number of hydrogen-bond acceptors (Lipinski definition) is 3. The monoisotopic (exact) mass is 273 g/mol. The number of rotatable bonds is 1. The van der Waals surface area contributed by atoms with Crippen LogP contribution >= 0.6 is 0 Å². The van der Waals surface area contributed by atoms with Gasteiger partial charge in [0, 0.05) is 36.6 Å². The first-order valence-electron chi connectivity index (χ1n) is 7.62. The van der Waals surface area contributed by atoms with Gasteiger partial charge in [-0.3, -0.25) is 9.78 Å². The van der Waals surface area contributed by atoms with E-state index < -0.39 is 0 Å². The molecule has 3 heterocycles. The predicted octanol–water partition coefficient (Wildman–Crippen LogP) is 2.17. The summed E-state index contributed by atoms with van der Waals surface area (Å²) in [6, 6.07) is 3.62. The molecular formula is C16H23N3O. The van der Waals surface area contributed by atoms with Gasteiger partial charge in [0.15, 0.2) is 0 Å². The van der Waals surface area contributed by atoms with E-state index in [1.807, 2.05) is 17.0 Å². The largest absolute Gasteiger partial charge is 0.339 e. The lowest BCUT2D eigenvalue weighted by molar-refractivity contribution is 0.0749. The second kappa shape index (κ2) is 5.52. The van der Waals surface area contributed by atoms with Gasteiger partial charge in [-0.1, -0.05) is 0 Å². The molecule has 0 N–H and O–H groups in total. The van der Waals surface area contributed by atoms with Gasteiger partial charge in [0.05, 0.1) is 0 Å². The van der Waals surface area contributed by atoms with Crippen LogP contribution in [0.3, 0.4) is 0 Å². The van der Waals surface area contributed by atoms with Crippen LogP contribution in [-0.4, -0.2) is 52.9 Å². The maximum atomic E-state index is 12.5. The molecule has 108 valence electrons. The first-order valence-corrected chi connectivity index (χ1v) is 7.62. The fraction of sp³-hybridized carbons (Fsp3) is 0.625. The number of likely N-dealkylation sites (tertiary alicyclic amines) is 2. The molecule has 0 unspecified atom stereocenters. The third kappa shape index (κ3) is 2.44. The minimum Gasteiger partial charge on any atom is -0.339 e. The Morgan fingerprint density at radius 3 is 2.45 bits per heavy atom. The molecule has 20 heavy (non-hydrogen) atoms. The van der Waals surface area contributed by atoms with Crippen molar-refractivity contribution in [2.75, 3.05) is 26.7 Å². The van der Waals surface area contributed by atoms with Crippen molar-refractivity contribution >= 4 is 5.91 Å². The Kier molecular flexibility index (Phi) is 3.74. The van der Waals surface area contributed by atoms with E-state index in [9.17, 15) is 4.79 Å². The highest BCUT2D eigenvalue weighted by Gasteiger charge is 2.40. The molecule has 1 amide bonds. The summed E-state index contributed by atoms with van der Waals surface area (Å²) in [5.74, 6) is 0.158. The van der Waals surface area contributed by atoms with Crippen molar-refractivity contribution in [1.29, 1.82) is 0 Å². The van der Waals surface area contributed by atoms with Gasteiger partial charge in [-0.25, -0.2) is 0 Å². The lowest BCUT2D eigenvalue weighted by atomic mass is 9.88. The number of nitrogens with zero attached hydrogens (tertiary/aromatic N) is 3. The summed E-state index contributed by atoms with van der Waals surface area (Å²) in [6.45, 7) is 2.97. The second-order valence-corrected chi connectivity index (χ2v) is 6.13. The third-order valence-electron chi connectivity index (χ3n) is 5.08. The average molecular weight is 273 g/mol. The zero-order chi connectivity index (χ0) is 14.0. The maximum Gasteiger partial charge on any atom is 0.253 e. The van der Waals surface area contributed by atoms with Crippen LogP contribution in [-0.2, 0) is 0 Å². The van der Waals surface area contributed by atoms with Gasteiger partial charge in [0.1, 0.15) is 0 Å². The van der Waals surface area contributed by atoms with Gasteiger partial charge >= 0.3 is 0 Å². The summed E-state index contributed by atoms with van der Waals surface area (Å²) in [5, 5.41) is 0. The van der Waals surface area contributed by atoms with E-state index in [1.165, 1.54) is 25.8 Å². The summed E-state index contributed by atoms with van der Waals surface area (Å²) in [5.41, 5.74) is 1.11. The average Bonchev–Trinajstić information content (AvgIpc) is 2.71. The Labute approximate surface area is 120 Å². The summed E-state index contributed by atoms with van der Waals surface area (Å²) >= 11 is 0. The van der Waals surface area contributed by atoms with Crippen molar-refractivity contribution in [2.45, 2.75) is 37.6 Å². The maximum absolute atomic E-state index is 12.5. The highest BCUT2D eigenvalue weighted by molar-refractivity contribution is 5.94.